The van der Waals surface area contributed by atoms with Crippen LogP contribution in [0, 0.1) is 6.92 Å². The Hall–Kier alpha value is -2.37. The number of ketones is 1. The molecule has 0 aliphatic heterocycles. The Morgan fingerprint density at radius 2 is 1.93 bits per heavy atom. The molecular formula is C15H14ClN3O6S2. The van der Waals surface area contributed by atoms with Crippen molar-refractivity contribution in [1.29, 1.82) is 0 Å². The second-order valence-corrected chi connectivity index (χ2v) is 8.72. The molecule has 0 aliphatic carbocycles. The highest BCUT2D eigenvalue weighted by Gasteiger charge is 2.26. The number of Topliss-reactive ketones (excluding diaryl/α,β-unsaturated/α-hetero) is 1. The highest BCUT2D eigenvalue weighted by Crippen LogP contribution is 2.34. The van der Waals surface area contributed by atoms with E-state index in [1.54, 1.807) is 6.92 Å². The van der Waals surface area contributed by atoms with Crippen LogP contribution in [0.4, 0.5) is 5.00 Å². The fourth-order valence-electron chi connectivity index (χ4n) is 2.14. The number of carbonyl (C=O) groups excluding carboxylic acids is 3. The number of rotatable bonds is 5. The van der Waals surface area contributed by atoms with E-state index in [1.165, 1.54) is 6.92 Å². The molecule has 2 rings (SSSR count). The SMILES string of the molecule is COC(=O)c1c(NC(=O)c2nc(S(C)(=O)=O)ncc2Cl)sc(C(C)=O)c1C. The van der Waals surface area contributed by atoms with E-state index < -0.39 is 32.6 Å². The summed E-state index contributed by atoms with van der Waals surface area (Å²) < 4.78 is 27.9. The molecule has 1 N–H and O–H groups in total. The van der Waals surface area contributed by atoms with Gasteiger partial charge in [0.1, 0.15) is 5.00 Å². The van der Waals surface area contributed by atoms with Gasteiger partial charge in [-0.05, 0) is 19.4 Å². The summed E-state index contributed by atoms with van der Waals surface area (Å²) >= 11 is 6.79. The third kappa shape index (κ3) is 4.31. The minimum atomic E-state index is -3.76. The average molecular weight is 432 g/mol. The van der Waals surface area contributed by atoms with E-state index in [2.05, 4.69) is 15.3 Å². The van der Waals surface area contributed by atoms with Crippen molar-refractivity contribution in [2.75, 3.05) is 18.7 Å². The third-order valence-corrected chi connectivity index (χ3v) is 5.80. The van der Waals surface area contributed by atoms with Crippen LogP contribution in [-0.4, -0.2) is 49.4 Å². The zero-order chi connectivity index (χ0) is 20.5. The molecule has 0 unspecified atom stereocenters. The summed E-state index contributed by atoms with van der Waals surface area (Å²) in [6.45, 7) is 2.87. The Bertz CT molecular complexity index is 1060. The van der Waals surface area contributed by atoms with Crippen LogP contribution in [0.15, 0.2) is 11.4 Å². The lowest BCUT2D eigenvalue weighted by Gasteiger charge is -2.07. The van der Waals surface area contributed by atoms with Crippen LogP contribution in [0.25, 0.3) is 0 Å². The number of aromatic nitrogens is 2. The van der Waals surface area contributed by atoms with Crippen molar-refractivity contribution in [2.24, 2.45) is 0 Å². The Morgan fingerprint density at radius 1 is 1.30 bits per heavy atom. The van der Waals surface area contributed by atoms with Crippen molar-refractivity contribution >= 4 is 55.4 Å². The number of hydrogen-bond donors (Lipinski definition) is 1. The average Bonchev–Trinajstić information content (AvgIpc) is 2.89. The van der Waals surface area contributed by atoms with Gasteiger partial charge in [-0.3, -0.25) is 9.59 Å². The van der Waals surface area contributed by atoms with Crippen LogP contribution in [-0.2, 0) is 14.6 Å². The second kappa shape index (κ2) is 7.71. The van der Waals surface area contributed by atoms with Gasteiger partial charge >= 0.3 is 5.97 Å². The molecule has 0 spiro atoms. The highest BCUT2D eigenvalue weighted by atomic mass is 35.5. The van der Waals surface area contributed by atoms with E-state index in [4.69, 9.17) is 16.3 Å². The number of sulfone groups is 1. The van der Waals surface area contributed by atoms with Crippen LogP contribution < -0.4 is 5.32 Å². The molecule has 1 amide bonds. The van der Waals surface area contributed by atoms with Crippen molar-refractivity contribution < 1.29 is 27.5 Å². The molecule has 0 fully saturated rings. The number of nitrogens with one attached hydrogen (secondary N) is 1. The third-order valence-electron chi connectivity index (χ3n) is 3.35. The zero-order valence-electron chi connectivity index (χ0n) is 14.6. The summed E-state index contributed by atoms with van der Waals surface area (Å²) in [4.78, 5) is 43.9. The van der Waals surface area contributed by atoms with Crippen LogP contribution in [0.3, 0.4) is 0 Å². The first-order valence-corrected chi connectivity index (χ1v) is 10.3. The first-order chi connectivity index (χ1) is 12.5. The predicted octanol–water partition coefficient (Wildman–Crippen LogP) is 2.14. The van der Waals surface area contributed by atoms with Gasteiger partial charge in [0.15, 0.2) is 11.5 Å². The lowest BCUT2D eigenvalue weighted by Crippen LogP contribution is -2.18. The molecule has 0 saturated carbocycles. The molecule has 2 heterocycles. The second-order valence-electron chi connectivity index (χ2n) is 5.38. The molecule has 0 radical (unpaired) electrons. The summed E-state index contributed by atoms with van der Waals surface area (Å²) in [6.07, 6.45) is 1.87. The summed E-state index contributed by atoms with van der Waals surface area (Å²) in [5.41, 5.74) is -0.00633. The quantitative estimate of drug-likeness (QED) is 0.432. The molecule has 27 heavy (non-hydrogen) atoms. The van der Waals surface area contributed by atoms with E-state index in [0.29, 0.717) is 5.56 Å². The fourth-order valence-corrected chi connectivity index (χ4v) is 3.90. The van der Waals surface area contributed by atoms with Crippen molar-refractivity contribution in [1.82, 2.24) is 9.97 Å². The summed E-state index contributed by atoms with van der Waals surface area (Å²) in [7, 11) is -2.60. The van der Waals surface area contributed by atoms with Gasteiger partial charge in [-0.1, -0.05) is 11.6 Å². The van der Waals surface area contributed by atoms with Crippen molar-refractivity contribution in [3.8, 4) is 0 Å². The van der Waals surface area contributed by atoms with E-state index in [-0.39, 0.29) is 26.2 Å². The summed E-state index contributed by atoms with van der Waals surface area (Å²) in [5, 5.41) is 1.74. The smallest absolute Gasteiger partial charge is 0.341 e. The van der Waals surface area contributed by atoms with E-state index >= 15 is 0 Å². The standard InChI is InChI=1S/C15H14ClN3O6S2/c1-6-9(14(22)25-3)13(26-11(6)7(2)20)19-12(21)10-8(16)5-17-15(18-10)27(4,23)24/h5H,1-4H3,(H,19,21). The van der Waals surface area contributed by atoms with Gasteiger partial charge < -0.3 is 10.1 Å². The van der Waals surface area contributed by atoms with Gasteiger partial charge in [0.05, 0.1) is 28.8 Å². The molecule has 2 aromatic rings. The first-order valence-electron chi connectivity index (χ1n) is 7.24. The predicted molar refractivity (Wildman–Crippen MR) is 98.5 cm³/mol. The number of methoxy groups -OCH3 is 1. The zero-order valence-corrected chi connectivity index (χ0v) is 17.0. The number of hydrogen-bond acceptors (Lipinski definition) is 9. The molecule has 9 nitrogen and oxygen atoms in total. The monoisotopic (exact) mass is 431 g/mol. The summed E-state index contributed by atoms with van der Waals surface area (Å²) in [6, 6.07) is 0. The maximum atomic E-state index is 12.6. The molecule has 144 valence electrons. The van der Waals surface area contributed by atoms with Crippen LogP contribution in [0.1, 0.15) is 43.0 Å². The molecule has 0 aliphatic rings. The maximum Gasteiger partial charge on any atom is 0.341 e. The first kappa shape index (κ1) is 20.9. The number of nitrogens with zero attached hydrogens (tertiary/aromatic N) is 2. The molecule has 0 atom stereocenters. The van der Waals surface area contributed by atoms with Crippen molar-refractivity contribution in [3.63, 3.8) is 0 Å². The largest absolute Gasteiger partial charge is 0.465 e. The van der Waals surface area contributed by atoms with Gasteiger partial charge in [0.2, 0.25) is 15.0 Å². The van der Waals surface area contributed by atoms with Gasteiger partial charge in [0.25, 0.3) is 5.91 Å². The number of anilines is 1. The van der Waals surface area contributed by atoms with E-state index in [0.717, 1.165) is 30.9 Å². The van der Waals surface area contributed by atoms with E-state index in [9.17, 15) is 22.8 Å². The number of halogens is 1. The molecule has 0 aromatic carbocycles. The lowest BCUT2D eigenvalue weighted by atomic mass is 10.1. The summed E-state index contributed by atoms with van der Waals surface area (Å²) in [5.74, 6) is -1.89. The Labute approximate surface area is 163 Å². The Kier molecular flexibility index (Phi) is 5.97. The maximum absolute atomic E-state index is 12.6. The molecular weight excluding hydrogens is 418 g/mol. The Balaban J connectivity index is 2.52. The van der Waals surface area contributed by atoms with Gasteiger partial charge in [-0.25, -0.2) is 23.2 Å². The van der Waals surface area contributed by atoms with Gasteiger partial charge in [-0.2, -0.15) is 0 Å². The number of ether oxygens (including phenoxy) is 1. The topological polar surface area (TPSA) is 132 Å². The Morgan fingerprint density at radius 3 is 2.44 bits per heavy atom. The minimum Gasteiger partial charge on any atom is -0.465 e. The molecule has 0 bridgehead atoms. The van der Waals surface area contributed by atoms with Gasteiger partial charge in [0, 0.05) is 6.26 Å². The minimum absolute atomic E-state index is 0.0227. The van der Waals surface area contributed by atoms with E-state index in [1.807, 2.05) is 0 Å². The van der Waals surface area contributed by atoms with Crippen LogP contribution in [0.5, 0.6) is 0 Å². The number of thiophene rings is 1. The van der Waals surface area contributed by atoms with Crippen LogP contribution >= 0.6 is 22.9 Å². The highest BCUT2D eigenvalue weighted by molar-refractivity contribution is 7.90. The number of esters is 1. The number of carbonyl (C=O) groups is 3. The fraction of sp³-hybridized carbons (Fsp3) is 0.267. The van der Waals surface area contributed by atoms with Crippen LogP contribution in [0.2, 0.25) is 5.02 Å². The normalized spacial score (nSPS) is 11.1. The molecule has 0 saturated heterocycles. The van der Waals surface area contributed by atoms with Crippen molar-refractivity contribution in [2.45, 2.75) is 19.0 Å². The molecule has 2 aromatic heterocycles. The van der Waals surface area contributed by atoms with Gasteiger partial charge in [-0.15, -0.1) is 11.3 Å². The number of amides is 1. The van der Waals surface area contributed by atoms with Crippen molar-refractivity contribution in [3.05, 3.63) is 32.9 Å². The molecule has 12 heteroatoms. The lowest BCUT2D eigenvalue weighted by molar-refractivity contribution is 0.0601.